The van der Waals surface area contributed by atoms with Crippen LogP contribution in [0.25, 0.3) is 0 Å². The first-order valence-corrected chi connectivity index (χ1v) is 7.94. The van der Waals surface area contributed by atoms with Crippen LogP contribution in [-0.2, 0) is 13.5 Å². The fraction of sp³-hybridized carbons (Fsp3) is 0.471. The second kappa shape index (κ2) is 7.62. The molecular weight excluding hydrogens is 282 g/mol. The zero-order valence-corrected chi connectivity index (χ0v) is 13.8. The summed E-state index contributed by atoms with van der Waals surface area (Å²) in [4.78, 5) is 0. The molecular formula is C17H24ClN3. The standard InChI is InChI=1S/C17H24ClN3/c1-4-10-19-12-15(14-8-6-5-7-9-14)11-16-17(18)13(2)20-21(16)3/h5-9,15,19H,4,10-12H2,1-3H3. The van der Waals surface area contributed by atoms with E-state index in [1.54, 1.807) is 0 Å². The lowest BCUT2D eigenvalue weighted by atomic mass is 9.94. The van der Waals surface area contributed by atoms with Crippen LogP contribution in [0.1, 0.15) is 36.2 Å². The third-order valence-corrected chi connectivity index (χ3v) is 4.28. The maximum Gasteiger partial charge on any atom is 0.0847 e. The van der Waals surface area contributed by atoms with Gasteiger partial charge in [0, 0.05) is 19.5 Å². The molecule has 0 amide bonds. The van der Waals surface area contributed by atoms with Crippen LogP contribution in [-0.4, -0.2) is 22.9 Å². The van der Waals surface area contributed by atoms with E-state index in [1.165, 1.54) is 5.56 Å². The number of hydrogen-bond donors (Lipinski definition) is 1. The molecule has 1 N–H and O–H groups in total. The van der Waals surface area contributed by atoms with Crippen molar-refractivity contribution in [2.24, 2.45) is 7.05 Å². The lowest BCUT2D eigenvalue weighted by Gasteiger charge is -2.18. The predicted octanol–water partition coefficient (Wildman–Crippen LogP) is 3.71. The molecule has 0 saturated heterocycles. The summed E-state index contributed by atoms with van der Waals surface area (Å²) in [6.07, 6.45) is 2.05. The van der Waals surface area contributed by atoms with E-state index in [2.05, 4.69) is 47.7 Å². The molecule has 1 heterocycles. The Bertz CT molecular complexity index is 563. The van der Waals surface area contributed by atoms with E-state index in [-0.39, 0.29) is 0 Å². The molecule has 21 heavy (non-hydrogen) atoms. The molecule has 2 aromatic rings. The Morgan fingerprint density at radius 1 is 1.29 bits per heavy atom. The molecule has 1 unspecified atom stereocenters. The van der Waals surface area contributed by atoms with Gasteiger partial charge in [-0.05, 0) is 31.9 Å². The molecule has 0 aliphatic heterocycles. The Labute approximate surface area is 132 Å². The molecule has 4 heteroatoms. The normalized spacial score (nSPS) is 12.6. The second-order valence-electron chi connectivity index (χ2n) is 5.49. The van der Waals surface area contributed by atoms with Gasteiger partial charge in [-0.15, -0.1) is 0 Å². The minimum Gasteiger partial charge on any atom is -0.316 e. The second-order valence-corrected chi connectivity index (χ2v) is 5.86. The van der Waals surface area contributed by atoms with Crippen LogP contribution in [0.4, 0.5) is 0 Å². The number of aromatic nitrogens is 2. The van der Waals surface area contributed by atoms with E-state index >= 15 is 0 Å². The van der Waals surface area contributed by atoms with Gasteiger partial charge in [-0.3, -0.25) is 4.68 Å². The molecule has 3 nitrogen and oxygen atoms in total. The molecule has 1 atom stereocenters. The van der Waals surface area contributed by atoms with Crippen molar-refractivity contribution in [1.82, 2.24) is 15.1 Å². The van der Waals surface area contributed by atoms with E-state index in [0.717, 1.165) is 42.3 Å². The van der Waals surface area contributed by atoms with Gasteiger partial charge in [-0.2, -0.15) is 5.10 Å². The highest BCUT2D eigenvalue weighted by Gasteiger charge is 2.18. The van der Waals surface area contributed by atoms with Crippen molar-refractivity contribution >= 4 is 11.6 Å². The van der Waals surface area contributed by atoms with Crippen LogP contribution in [0.15, 0.2) is 30.3 Å². The van der Waals surface area contributed by atoms with Crippen LogP contribution < -0.4 is 5.32 Å². The summed E-state index contributed by atoms with van der Waals surface area (Å²) in [6.45, 7) is 6.14. The molecule has 1 aromatic carbocycles. The van der Waals surface area contributed by atoms with Crippen LogP contribution in [0.2, 0.25) is 5.02 Å². The Morgan fingerprint density at radius 2 is 2.00 bits per heavy atom. The summed E-state index contributed by atoms with van der Waals surface area (Å²) < 4.78 is 1.91. The summed E-state index contributed by atoms with van der Waals surface area (Å²) in [5.74, 6) is 0.407. The topological polar surface area (TPSA) is 29.9 Å². The maximum absolute atomic E-state index is 6.40. The first kappa shape index (κ1) is 16.1. The number of aryl methyl sites for hydroxylation is 2. The van der Waals surface area contributed by atoms with Crippen LogP contribution in [0.3, 0.4) is 0 Å². The highest BCUT2D eigenvalue weighted by Crippen LogP contribution is 2.26. The zero-order chi connectivity index (χ0) is 15.2. The van der Waals surface area contributed by atoms with Gasteiger partial charge in [0.05, 0.1) is 16.4 Å². The molecule has 0 fully saturated rings. The van der Waals surface area contributed by atoms with Gasteiger partial charge in [0.1, 0.15) is 0 Å². The van der Waals surface area contributed by atoms with Gasteiger partial charge in [0.15, 0.2) is 0 Å². The number of rotatable bonds is 7. The molecule has 2 rings (SSSR count). The minimum atomic E-state index is 0.407. The Hall–Kier alpha value is -1.32. The average molecular weight is 306 g/mol. The molecule has 0 radical (unpaired) electrons. The Morgan fingerprint density at radius 3 is 2.57 bits per heavy atom. The van der Waals surface area contributed by atoms with Crippen molar-refractivity contribution in [3.63, 3.8) is 0 Å². The first-order chi connectivity index (χ1) is 10.1. The number of hydrogen-bond acceptors (Lipinski definition) is 2. The smallest absolute Gasteiger partial charge is 0.0847 e. The summed E-state index contributed by atoms with van der Waals surface area (Å²) >= 11 is 6.40. The molecule has 0 spiro atoms. The summed E-state index contributed by atoms with van der Waals surface area (Å²) in [7, 11) is 1.97. The lowest BCUT2D eigenvalue weighted by molar-refractivity contribution is 0.557. The molecule has 114 valence electrons. The monoisotopic (exact) mass is 305 g/mol. The van der Waals surface area contributed by atoms with Crippen molar-refractivity contribution in [3.05, 3.63) is 52.3 Å². The van der Waals surface area contributed by atoms with Crippen molar-refractivity contribution in [1.29, 1.82) is 0 Å². The van der Waals surface area contributed by atoms with Gasteiger partial charge in [0.25, 0.3) is 0 Å². The molecule has 1 aromatic heterocycles. The SMILES string of the molecule is CCCNCC(Cc1c(Cl)c(C)nn1C)c1ccccc1. The average Bonchev–Trinajstić information content (AvgIpc) is 2.73. The third-order valence-electron chi connectivity index (χ3n) is 3.79. The van der Waals surface area contributed by atoms with Crippen LogP contribution >= 0.6 is 11.6 Å². The fourth-order valence-corrected chi connectivity index (χ4v) is 2.86. The number of halogens is 1. The van der Waals surface area contributed by atoms with Gasteiger partial charge < -0.3 is 5.32 Å². The van der Waals surface area contributed by atoms with Crippen LogP contribution in [0.5, 0.6) is 0 Å². The van der Waals surface area contributed by atoms with E-state index in [4.69, 9.17) is 11.6 Å². The summed E-state index contributed by atoms with van der Waals surface area (Å²) in [5.41, 5.74) is 3.36. The number of nitrogens with zero attached hydrogens (tertiary/aromatic N) is 2. The Balaban J connectivity index is 2.19. The quantitative estimate of drug-likeness (QED) is 0.790. The molecule has 0 saturated carbocycles. The van der Waals surface area contributed by atoms with Crippen LogP contribution in [0, 0.1) is 6.92 Å². The van der Waals surface area contributed by atoms with Crippen molar-refractivity contribution < 1.29 is 0 Å². The fourth-order valence-electron chi connectivity index (χ4n) is 2.62. The predicted molar refractivity (Wildman–Crippen MR) is 89.0 cm³/mol. The van der Waals surface area contributed by atoms with Gasteiger partial charge >= 0.3 is 0 Å². The third kappa shape index (κ3) is 4.08. The lowest BCUT2D eigenvalue weighted by Crippen LogP contribution is -2.24. The van der Waals surface area contributed by atoms with Gasteiger partial charge in [-0.1, -0.05) is 48.9 Å². The van der Waals surface area contributed by atoms with Gasteiger partial charge in [-0.25, -0.2) is 0 Å². The highest BCUT2D eigenvalue weighted by atomic mass is 35.5. The van der Waals surface area contributed by atoms with E-state index in [9.17, 15) is 0 Å². The maximum atomic E-state index is 6.40. The largest absolute Gasteiger partial charge is 0.316 e. The number of benzene rings is 1. The molecule has 0 aliphatic carbocycles. The number of nitrogens with one attached hydrogen (secondary N) is 1. The molecule has 0 aliphatic rings. The van der Waals surface area contributed by atoms with E-state index in [0.29, 0.717) is 5.92 Å². The summed E-state index contributed by atoms with van der Waals surface area (Å²) in [6, 6.07) is 10.6. The first-order valence-electron chi connectivity index (χ1n) is 7.57. The van der Waals surface area contributed by atoms with E-state index in [1.807, 2.05) is 18.7 Å². The highest BCUT2D eigenvalue weighted by molar-refractivity contribution is 6.31. The summed E-state index contributed by atoms with van der Waals surface area (Å²) in [5, 5.41) is 8.74. The van der Waals surface area contributed by atoms with E-state index < -0.39 is 0 Å². The van der Waals surface area contributed by atoms with Gasteiger partial charge in [0.2, 0.25) is 0 Å². The zero-order valence-electron chi connectivity index (χ0n) is 13.1. The molecule has 0 bridgehead atoms. The van der Waals surface area contributed by atoms with Crippen molar-refractivity contribution in [2.75, 3.05) is 13.1 Å². The van der Waals surface area contributed by atoms with Crippen molar-refractivity contribution in [2.45, 2.75) is 32.6 Å². The Kier molecular flexibility index (Phi) is 5.83. The van der Waals surface area contributed by atoms with Crippen molar-refractivity contribution in [3.8, 4) is 0 Å². The minimum absolute atomic E-state index is 0.407.